The zero-order chi connectivity index (χ0) is 21.4. The van der Waals surface area contributed by atoms with Gasteiger partial charge in [-0.2, -0.15) is 0 Å². The number of nitrogens with one attached hydrogen (secondary N) is 1. The van der Waals surface area contributed by atoms with Crippen LogP contribution < -0.4 is 9.62 Å². The minimum atomic E-state index is -4.08. The number of carbonyl (C=O) groups excluding carboxylic acids is 1. The van der Waals surface area contributed by atoms with E-state index in [1.54, 1.807) is 20.8 Å². The second-order valence-corrected chi connectivity index (χ2v) is 9.53. The molecule has 2 aromatic rings. The number of sulfonamides is 1. The summed E-state index contributed by atoms with van der Waals surface area (Å²) in [6.45, 7) is 4.96. The molecule has 0 aliphatic carbocycles. The molecular formula is C19H22FN3O5S. The number of β-amino-alcohol motifs (C(OH)–C–C–N with tert-alkyl or cyclic N) is 1. The van der Waals surface area contributed by atoms with Crippen molar-refractivity contribution in [2.45, 2.75) is 43.8 Å². The maximum absolute atomic E-state index is 13.2. The van der Waals surface area contributed by atoms with E-state index < -0.39 is 33.6 Å². The van der Waals surface area contributed by atoms with Crippen molar-refractivity contribution in [2.24, 2.45) is 0 Å². The van der Waals surface area contributed by atoms with Crippen LogP contribution in [-0.2, 0) is 21.2 Å². The van der Waals surface area contributed by atoms with Crippen molar-refractivity contribution in [1.29, 1.82) is 0 Å². The van der Waals surface area contributed by atoms with E-state index in [2.05, 4.69) is 10.3 Å². The van der Waals surface area contributed by atoms with E-state index in [1.165, 1.54) is 12.3 Å². The summed E-state index contributed by atoms with van der Waals surface area (Å²) in [6, 6.07) is 5.86. The summed E-state index contributed by atoms with van der Waals surface area (Å²) in [7, 11) is -4.08. The third-order valence-corrected chi connectivity index (χ3v) is 5.86. The van der Waals surface area contributed by atoms with Gasteiger partial charge in [-0.1, -0.05) is 0 Å². The standard InChI is InChI=1S/C19H22FN3O5S/c1-19(2,3)28-18(25)22-13-8-17-16(21-10-13)9-14(24)11-23(17)29(26,27)15-6-4-12(20)5-7-15/h4-8,10,14,24H,9,11H2,1-3H3,(H,22,25). The van der Waals surface area contributed by atoms with E-state index in [0.29, 0.717) is 5.69 Å². The van der Waals surface area contributed by atoms with Crippen LogP contribution in [0.15, 0.2) is 41.4 Å². The molecular weight excluding hydrogens is 401 g/mol. The van der Waals surface area contributed by atoms with Gasteiger partial charge >= 0.3 is 6.09 Å². The largest absolute Gasteiger partial charge is 0.444 e. The molecule has 156 valence electrons. The number of amides is 1. The first-order chi connectivity index (χ1) is 13.5. The fourth-order valence-corrected chi connectivity index (χ4v) is 4.40. The van der Waals surface area contributed by atoms with Crippen LogP contribution in [0.2, 0.25) is 0 Å². The van der Waals surface area contributed by atoms with Gasteiger partial charge in [-0.25, -0.2) is 17.6 Å². The lowest BCUT2D eigenvalue weighted by atomic mass is 10.1. The maximum atomic E-state index is 13.2. The molecule has 0 saturated heterocycles. The van der Waals surface area contributed by atoms with E-state index in [1.807, 2.05) is 0 Å². The predicted molar refractivity (Wildman–Crippen MR) is 105 cm³/mol. The van der Waals surface area contributed by atoms with Crippen LogP contribution in [0.3, 0.4) is 0 Å². The Balaban J connectivity index is 1.96. The van der Waals surface area contributed by atoms with Crippen molar-refractivity contribution in [3.63, 3.8) is 0 Å². The first-order valence-electron chi connectivity index (χ1n) is 8.91. The van der Waals surface area contributed by atoms with Crippen molar-refractivity contribution in [3.05, 3.63) is 48.0 Å². The molecule has 8 nitrogen and oxygen atoms in total. The molecule has 1 unspecified atom stereocenters. The normalized spacial score (nSPS) is 16.9. The van der Waals surface area contributed by atoms with Crippen molar-refractivity contribution in [2.75, 3.05) is 16.2 Å². The average Bonchev–Trinajstić information content (AvgIpc) is 2.60. The Bertz CT molecular complexity index is 1020. The number of halogens is 1. The first kappa shape index (κ1) is 21.0. The van der Waals surface area contributed by atoms with Gasteiger partial charge in [0.1, 0.15) is 11.4 Å². The SMILES string of the molecule is CC(C)(C)OC(=O)Nc1cnc2c(c1)N(S(=O)(=O)c1ccc(F)cc1)CC(O)C2. The van der Waals surface area contributed by atoms with Gasteiger partial charge in [-0.15, -0.1) is 0 Å². The number of aromatic nitrogens is 1. The molecule has 1 amide bonds. The molecule has 1 aliphatic heterocycles. The number of aliphatic hydroxyl groups is 1. The molecule has 1 aromatic carbocycles. The summed E-state index contributed by atoms with van der Waals surface area (Å²) < 4.78 is 45.6. The second kappa shape index (κ2) is 7.60. The lowest BCUT2D eigenvalue weighted by molar-refractivity contribution is 0.0636. The number of aliphatic hydroxyl groups excluding tert-OH is 1. The minimum Gasteiger partial charge on any atom is -0.444 e. The third kappa shape index (κ3) is 4.83. The highest BCUT2D eigenvalue weighted by molar-refractivity contribution is 7.92. The van der Waals surface area contributed by atoms with Crippen molar-refractivity contribution >= 4 is 27.5 Å². The summed E-state index contributed by atoms with van der Waals surface area (Å²) >= 11 is 0. The lowest BCUT2D eigenvalue weighted by Gasteiger charge is -2.32. The number of anilines is 2. The second-order valence-electron chi connectivity index (χ2n) is 7.66. The summed E-state index contributed by atoms with van der Waals surface area (Å²) in [5, 5.41) is 12.6. The monoisotopic (exact) mass is 423 g/mol. The molecule has 1 aliphatic rings. The van der Waals surface area contributed by atoms with Gasteiger partial charge in [-0.05, 0) is 51.1 Å². The van der Waals surface area contributed by atoms with Gasteiger partial charge < -0.3 is 9.84 Å². The highest BCUT2D eigenvalue weighted by atomic mass is 32.2. The Labute approximate surface area is 168 Å². The van der Waals surface area contributed by atoms with Crippen LogP contribution >= 0.6 is 0 Å². The van der Waals surface area contributed by atoms with Gasteiger partial charge in [0.05, 0.1) is 40.8 Å². The fraction of sp³-hybridized carbons (Fsp3) is 0.368. The number of ether oxygens (including phenoxy) is 1. The van der Waals surface area contributed by atoms with Crippen LogP contribution in [0, 0.1) is 5.82 Å². The molecule has 2 heterocycles. The molecule has 0 saturated carbocycles. The molecule has 3 rings (SSSR count). The number of carbonyl (C=O) groups is 1. The van der Waals surface area contributed by atoms with Crippen molar-refractivity contribution < 1.29 is 27.4 Å². The highest BCUT2D eigenvalue weighted by Crippen LogP contribution is 2.33. The number of nitrogens with zero attached hydrogens (tertiary/aromatic N) is 2. The van der Waals surface area contributed by atoms with E-state index in [9.17, 15) is 22.7 Å². The van der Waals surface area contributed by atoms with Crippen LogP contribution in [0.4, 0.5) is 20.6 Å². The van der Waals surface area contributed by atoms with Gasteiger partial charge in [0.25, 0.3) is 10.0 Å². The third-order valence-electron chi connectivity index (χ3n) is 4.07. The van der Waals surface area contributed by atoms with E-state index in [4.69, 9.17) is 4.74 Å². The Morgan fingerprint density at radius 2 is 1.97 bits per heavy atom. The molecule has 0 bridgehead atoms. The lowest BCUT2D eigenvalue weighted by Crippen LogP contribution is -2.42. The highest BCUT2D eigenvalue weighted by Gasteiger charge is 2.34. The van der Waals surface area contributed by atoms with Gasteiger partial charge in [0.2, 0.25) is 0 Å². The summed E-state index contributed by atoms with van der Waals surface area (Å²) in [5.41, 5.74) is 0.138. The average molecular weight is 423 g/mol. The maximum Gasteiger partial charge on any atom is 0.412 e. The Kier molecular flexibility index (Phi) is 5.50. The van der Waals surface area contributed by atoms with Crippen LogP contribution in [0.25, 0.3) is 0 Å². The van der Waals surface area contributed by atoms with E-state index in [0.717, 1.165) is 28.6 Å². The minimum absolute atomic E-state index is 0.121. The van der Waals surface area contributed by atoms with Crippen molar-refractivity contribution in [3.8, 4) is 0 Å². The number of fused-ring (bicyclic) bond motifs is 1. The van der Waals surface area contributed by atoms with E-state index in [-0.39, 0.29) is 29.2 Å². The zero-order valence-electron chi connectivity index (χ0n) is 16.2. The van der Waals surface area contributed by atoms with Gasteiger partial charge in [0.15, 0.2) is 0 Å². The van der Waals surface area contributed by atoms with Crippen LogP contribution in [0.5, 0.6) is 0 Å². The number of rotatable bonds is 3. The van der Waals surface area contributed by atoms with Crippen molar-refractivity contribution in [1.82, 2.24) is 4.98 Å². The molecule has 0 radical (unpaired) electrons. The number of benzene rings is 1. The molecule has 0 fully saturated rings. The van der Waals surface area contributed by atoms with E-state index >= 15 is 0 Å². The quantitative estimate of drug-likeness (QED) is 0.786. The number of pyridine rings is 1. The van der Waals surface area contributed by atoms with Crippen LogP contribution in [-0.4, -0.2) is 42.9 Å². The molecule has 10 heteroatoms. The predicted octanol–water partition coefficient (Wildman–Crippen LogP) is 2.68. The van der Waals surface area contributed by atoms with Gasteiger partial charge in [0, 0.05) is 6.42 Å². The number of hydrogen-bond acceptors (Lipinski definition) is 6. The molecule has 0 spiro atoms. The number of hydrogen-bond donors (Lipinski definition) is 2. The molecule has 1 aromatic heterocycles. The molecule has 1 atom stereocenters. The zero-order valence-corrected chi connectivity index (χ0v) is 17.0. The van der Waals surface area contributed by atoms with Crippen LogP contribution in [0.1, 0.15) is 26.5 Å². The topological polar surface area (TPSA) is 109 Å². The smallest absolute Gasteiger partial charge is 0.412 e. The summed E-state index contributed by atoms with van der Waals surface area (Å²) in [4.78, 5) is 16.1. The molecule has 2 N–H and O–H groups in total. The van der Waals surface area contributed by atoms with Gasteiger partial charge in [-0.3, -0.25) is 14.6 Å². The fourth-order valence-electron chi connectivity index (χ4n) is 2.88. The molecule has 29 heavy (non-hydrogen) atoms. The Morgan fingerprint density at radius 3 is 2.59 bits per heavy atom. The summed E-state index contributed by atoms with van der Waals surface area (Å²) in [5.74, 6) is -0.562. The summed E-state index contributed by atoms with van der Waals surface area (Å²) in [6.07, 6.45) is -0.126. The Morgan fingerprint density at radius 1 is 1.31 bits per heavy atom. The Hall–Kier alpha value is -2.72. The first-order valence-corrected chi connectivity index (χ1v) is 10.3.